The van der Waals surface area contributed by atoms with Crippen LogP contribution in [0.1, 0.15) is 11.5 Å². The van der Waals surface area contributed by atoms with Crippen LogP contribution >= 0.6 is 31.9 Å². The predicted octanol–water partition coefficient (Wildman–Crippen LogP) is 2.83. The molecule has 0 fully saturated rings. The van der Waals surface area contributed by atoms with Gasteiger partial charge in [0.2, 0.25) is 0 Å². The van der Waals surface area contributed by atoms with Crippen LogP contribution in [0, 0.1) is 0 Å². The largest absolute Gasteiger partial charge is 0.452 e. The Hall–Kier alpha value is -0.590. The van der Waals surface area contributed by atoms with Gasteiger partial charge in [0.15, 0.2) is 4.67 Å². The van der Waals surface area contributed by atoms with E-state index in [1.807, 2.05) is 23.9 Å². The number of aromatic nitrogens is 2. The van der Waals surface area contributed by atoms with Crippen LogP contribution in [0.3, 0.4) is 0 Å². The van der Waals surface area contributed by atoms with Gasteiger partial charge in [-0.25, -0.2) is 0 Å². The number of hydrogen-bond acceptors (Lipinski definition) is 3. The minimum absolute atomic E-state index is 0.690. The van der Waals surface area contributed by atoms with Crippen LogP contribution in [-0.4, -0.2) is 9.78 Å². The number of nitrogens with one attached hydrogen (secondary N) is 1. The average molecular weight is 349 g/mol. The molecule has 2 rings (SSSR count). The molecule has 2 aromatic rings. The van der Waals surface area contributed by atoms with E-state index in [1.54, 1.807) is 6.20 Å². The summed E-state index contributed by atoms with van der Waals surface area (Å²) < 4.78 is 8.96. The second-order valence-electron chi connectivity index (χ2n) is 3.38. The first-order valence-corrected chi connectivity index (χ1v) is 6.36. The number of halogens is 2. The predicted molar refractivity (Wildman–Crippen MR) is 67.9 cm³/mol. The fourth-order valence-corrected chi connectivity index (χ4v) is 2.03. The molecule has 0 bridgehead atoms. The maximum Gasteiger partial charge on any atom is 0.183 e. The molecule has 86 valence electrons. The lowest BCUT2D eigenvalue weighted by Gasteiger charge is -2.02. The van der Waals surface area contributed by atoms with Gasteiger partial charge in [0.05, 0.1) is 16.7 Å². The van der Waals surface area contributed by atoms with Gasteiger partial charge in [-0.3, -0.25) is 4.68 Å². The van der Waals surface area contributed by atoms with Gasteiger partial charge in [-0.15, -0.1) is 0 Å². The second kappa shape index (κ2) is 5.16. The van der Waals surface area contributed by atoms with Crippen molar-refractivity contribution in [1.82, 2.24) is 15.1 Å². The molecule has 0 radical (unpaired) electrons. The summed E-state index contributed by atoms with van der Waals surface area (Å²) in [4.78, 5) is 0. The van der Waals surface area contributed by atoms with Crippen molar-refractivity contribution in [3.63, 3.8) is 0 Å². The van der Waals surface area contributed by atoms with Gasteiger partial charge in [0.1, 0.15) is 5.76 Å². The highest BCUT2D eigenvalue weighted by atomic mass is 79.9. The minimum Gasteiger partial charge on any atom is -0.452 e. The highest BCUT2D eigenvalue weighted by Crippen LogP contribution is 2.26. The van der Waals surface area contributed by atoms with E-state index in [4.69, 9.17) is 4.42 Å². The molecule has 1 N–H and O–H groups in total. The van der Waals surface area contributed by atoms with Crippen LogP contribution in [-0.2, 0) is 20.1 Å². The Labute approximate surface area is 110 Å². The van der Waals surface area contributed by atoms with Crippen molar-refractivity contribution < 1.29 is 4.42 Å². The Morgan fingerprint density at radius 3 is 2.81 bits per heavy atom. The minimum atomic E-state index is 0.690. The van der Waals surface area contributed by atoms with Crippen LogP contribution in [0.15, 0.2) is 31.9 Å². The third-order valence-electron chi connectivity index (χ3n) is 2.22. The number of nitrogens with zero attached hydrogens (tertiary/aromatic N) is 2. The van der Waals surface area contributed by atoms with Crippen LogP contribution in [0.4, 0.5) is 0 Å². The van der Waals surface area contributed by atoms with Crippen molar-refractivity contribution in [2.45, 2.75) is 13.1 Å². The standard InChI is InChI=1S/C10H11Br2N3O/c1-15-7(2-3-14-15)5-13-6-8-4-9(11)10(12)16-8/h2-4,13H,5-6H2,1H3. The molecule has 0 spiro atoms. The fraction of sp³-hybridized carbons (Fsp3) is 0.300. The Kier molecular flexibility index (Phi) is 3.83. The van der Waals surface area contributed by atoms with Gasteiger partial charge in [-0.1, -0.05) is 0 Å². The quantitative estimate of drug-likeness (QED) is 0.923. The summed E-state index contributed by atoms with van der Waals surface area (Å²) in [6, 6.07) is 3.93. The number of hydrogen-bond donors (Lipinski definition) is 1. The molecule has 0 saturated carbocycles. The van der Waals surface area contributed by atoms with E-state index in [0.29, 0.717) is 6.54 Å². The van der Waals surface area contributed by atoms with Gasteiger partial charge in [0, 0.05) is 19.8 Å². The van der Waals surface area contributed by atoms with Crippen molar-refractivity contribution in [3.05, 3.63) is 38.9 Å². The molecule has 0 unspecified atom stereocenters. The molecule has 6 heteroatoms. The molecule has 0 atom stereocenters. The smallest absolute Gasteiger partial charge is 0.183 e. The molecule has 4 nitrogen and oxygen atoms in total. The number of aryl methyl sites for hydroxylation is 1. The summed E-state index contributed by atoms with van der Waals surface area (Å²) in [5.74, 6) is 0.890. The third-order valence-corrected chi connectivity index (χ3v) is 3.93. The molecule has 0 aliphatic carbocycles. The lowest BCUT2D eigenvalue weighted by molar-refractivity contribution is 0.461. The first kappa shape index (κ1) is 11.9. The van der Waals surface area contributed by atoms with Crippen molar-refractivity contribution >= 4 is 31.9 Å². The van der Waals surface area contributed by atoms with Gasteiger partial charge < -0.3 is 9.73 Å². The SMILES string of the molecule is Cn1nccc1CNCc1cc(Br)c(Br)o1. The molecule has 0 aliphatic rings. The van der Waals surface area contributed by atoms with Gasteiger partial charge in [0.25, 0.3) is 0 Å². The van der Waals surface area contributed by atoms with E-state index in [0.717, 1.165) is 27.1 Å². The van der Waals surface area contributed by atoms with Gasteiger partial charge >= 0.3 is 0 Å². The van der Waals surface area contributed by atoms with E-state index >= 15 is 0 Å². The van der Waals surface area contributed by atoms with E-state index < -0.39 is 0 Å². The summed E-state index contributed by atoms with van der Waals surface area (Å²) in [5.41, 5.74) is 1.14. The van der Waals surface area contributed by atoms with Crippen LogP contribution in [0.5, 0.6) is 0 Å². The summed E-state index contributed by atoms with van der Waals surface area (Å²) >= 11 is 6.68. The highest BCUT2D eigenvalue weighted by molar-refractivity contribution is 9.13. The number of rotatable bonds is 4. The first-order chi connectivity index (χ1) is 7.66. The van der Waals surface area contributed by atoms with Gasteiger partial charge in [-0.05, 0) is 44.0 Å². The van der Waals surface area contributed by atoms with E-state index in [1.165, 1.54) is 0 Å². The normalized spacial score (nSPS) is 10.9. The maximum atomic E-state index is 5.45. The van der Waals surface area contributed by atoms with E-state index in [9.17, 15) is 0 Å². The summed E-state index contributed by atoms with van der Waals surface area (Å²) in [7, 11) is 1.93. The average Bonchev–Trinajstić information content (AvgIpc) is 2.76. The molecular weight excluding hydrogens is 338 g/mol. The van der Waals surface area contributed by atoms with Crippen LogP contribution < -0.4 is 5.32 Å². The number of furan rings is 1. The van der Waals surface area contributed by atoms with E-state index in [-0.39, 0.29) is 0 Å². The van der Waals surface area contributed by atoms with Gasteiger partial charge in [-0.2, -0.15) is 5.10 Å². The summed E-state index contributed by atoms with van der Waals surface area (Å²) in [5, 5.41) is 7.39. The van der Waals surface area contributed by atoms with Crippen molar-refractivity contribution in [2.24, 2.45) is 7.05 Å². The third kappa shape index (κ3) is 2.75. The zero-order chi connectivity index (χ0) is 11.5. The fourth-order valence-electron chi connectivity index (χ4n) is 1.37. The van der Waals surface area contributed by atoms with Crippen molar-refractivity contribution in [3.8, 4) is 0 Å². The monoisotopic (exact) mass is 347 g/mol. The molecule has 0 aliphatic heterocycles. The Balaban J connectivity index is 1.87. The topological polar surface area (TPSA) is 43.0 Å². The Morgan fingerprint density at radius 2 is 2.25 bits per heavy atom. The lowest BCUT2D eigenvalue weighted by atomic mass is 10.4. The molecule has 2 heterocycles. The zero-order valence-corrected chi connectivity index (χ0v) is 11.9. The second-order valence-corrected chi connectivity index (χ2v) is 4.96. The Morgan fingerprint density at radius 1 is 1.44 bits per heavy atom. The molecule has 2 aromatic heterocycles. The molecule has 0 amide bonds. The lowest BCUT2D eigenvalue weighted by Crippen LogP contribution is -2.14. The Bertz CT molecular complexity index is 459. The van der Waals surface area contributed by atoms with Crippen LogP contribution in [0.2, 0.25) is 0 Å². The first-order valence-electron chi connectivity index (χ1n) is 4.78. The van der Waals surface area contributed by atoms with Crippen molar-refractivity contribution in [1.29, 1.82) is 0 Å². The van der Waals surface area contributed by atoms with Crippen LogP contribution in [0.25, 0.3) is 0 Å². The molecular formula is C10H11Br2N3O. The highest BCUT2D eigenvalue weighted by Gasteiger charge is 2.05. The molecule has 0 aromatic carbocycles. The molecule has 0 saturated heterocycles. The van der Waals surface area contributed by atoms with E-state index in [2.05, 4.69) is 42.3 Å². The summed E-state index contributed by atoms with van der Waals surface area (Å²) in [6.07, 6.45) is 1.79. The summed E-state index contributed by atoms with van der Waals surface area (Å²) in [6.45, 7) is 1.46. The molecule has 16 heavy (non-hydrogen) atoms. The zero-order valence-electron chi connectivity index (χ0n) is 8.70. The van der Waals surface area contributed by atoms with Crippen molar-refractivity contribution in [2.75, 3.05) is 0 Å². The maximum absolute atomic E-state index is 5.45.